The molecule has 0 aromatic rings. The lowest BCUT2D eigenvalue weighted by Gasteiger charge is -2.21. The Morgan fingerprint density at radius 3 is 1.54 bits per heavy atom. The lowest BCUT2D eigenvalue weighted by molar-refractivity contribution is -0.321. The van der Waals surface area contributed by atoms with Gasteiger partial charge in [-0.2, -0.15) is 26.3 Å². The van der Waals surface area contributed by atoms with E-state index in [9.17, 15) is 35.7 Å². The molecule has 0 saturated heterocycles. The van der Waals surface area contributed by atoms with Crippen LogP contribution in [0.5, 0.6) is 0 Å². The van der Waals surface area contributed by atoms with Crippen molar-refractivity contribution in [2.24, 2.45) is 0 Å². The number of hydrogen-bond acceptors (Lipinski definition) is 7. The first-order valence-corrected chi connectivity index (χ1v) is 7.81. The molecule has 0 unspecified atom stereocenters. The van der Waals surface area contributed by atoms with Gasteiger partial charge in [0.1, 0.15) is 5.60 Å². The maximum atomic E-state index is 12.0. The van der Waals surface area contributed by atoms with Gasteiger partial charge in [0.05, 0.1) is 0 Å². The SMILES string of the molecule is CC(C)(C)OC(=O)CP(=O)(OOCC(F)(F)F)OOCC(F)(F)F. The number of hydrogen-bond donors (Lipinski definition) is 0. The minimum absolute atomic E-state index is 1.07. The van der Waals surface area contributed by atoms with Crippen molar-refractivity contribution < 1.29 is 59.6 Å². The van der Waals surface area contributed by atoms with Crippen LogP contribution >= 0.6 is 7.60 Å². The van der Waals surface area contributed by atoms with E-state index in [1.807, 2.05) is 0 Å². The quantitative estimate of drug-likeness (QED) is 0.206. The molecule has 14 heteroatoms. The van der Waals surface area contributed by atoms with Crippen molar-refractivity contribution in [3.63, 3.8) is 0 Å². The Labute approximate surface area is 132 Å². The Kier molecular flexibility index (Phi) is 8.16. The lowest BCUT2D eigenvalue weighted by atomic mass is 10.2. The van der Waals surface area contributed by atoms with E-state index in [0.29, 0.717) is 0 Å². The van der Waals surface area contributed by atoms with Gasteiger partial charge < -0.3 is 4.74 Å². The predicted molar refractivity (Wildman–Crippen MR) is 64.5 cm³/mol. The van der Waals surface area contributed by atoms with Gasteiger partial charge in [-0.1, -0.05) is 0 Å². The van der Waals surface area contributed by atoms with Gasteiger partial charge in [-0.15, -0.1) is 9.35 Å². The van der Waals surface area contributed by atoms with Gasteiger partial charge >= 0.3 is 25.9 Å². The minimum Gasteiger partial charge on any atom is -0.459 e. The summed E-state index contributed by atoms with van der Waals surface area (Å²) in [6.07, 6.45) is -11.1. The second-order valence-corrected chi connectivity index (χ2v) is 7.10. The van der Waals surface area contributed by atoms with Gasteiger partial charge in [0.2, 0.25) is 0 Å². The van der Waals surface area contributed by atoms with Crippen LogP contribution in [-0.4, -0.2) is 43.3 Å². The number of esters is 1. The van der Waals surface area contributed by atoms with Gasteiger partial charge in [-0.3, -0.25) is 9.36 Å². The highest BCUT2D eigenvalue weighted by Gasteiger charge is 2.38. The predicted octanol–water partition coefficient (Wildman–Crippen LogP) is 3.54. The van der Waals surface area contributed by atoms with E-state index in [1.54, 1.807) is 0 Å². The third-order valence-electron chi connectivity index (χ3n) is 1.52. The molecule has 144 valence electrons. The van der Waals surface area contributed by atoms with Crippen molar-refractivity contribution in [2.45, 2.75) is 38.7 Å². The Morgan fingerprint density at radius 2 is 1.25 bits per heavy atom. The summed E-state index contributed by atoms with van der Waals surface area (Å²) >= 11 is 0. The van der Waals surface area contributed by atoms with Gasteiger partial charge in [0.25, 0.3) is 0 Å². The normalized spacial score (nSPS) is 13.9. The Balaban J connectivity index is 4.80. The second-order valence-electron chi connectivity index (χ2n) is 5.26. The minimum atomic E-state index is -4.95. The standard InChI is InChI=1S/C10H15F6O7P/c1-8(2,3)21-7(17)4-24(18,22-19-5-9(11,12)13)23-20-6-10(14,15)16/h4-6H2,1-3H3. The van der Waals surface area contributed by atoms with E-state index < -0.39 is 50.9 Å². The van der Waals surface area contributed by atoms with Crippen LogP contribution in [0.25, 0.3) is 0 Å². The first-order chi connectivity index (χ1) is 10.5. The Bertz CT molecular complexity index is 432. The van der Waals surface area contributed by atoms with Crippen molar-refractivity contribution in [2.75, 3.05) is 19.4 Å². The molecular weight excluding hydrogens is 377 g/mol. The van der Waals surface area contributed by atoms with Crippen molar-refractivity contribution in [1.29, 1.82) is 0 Å². The summed E-state index contributed by atoms with van der Waals surface area (Å²) < 4.78 is 95.8. The molecular formula is C10H15F6O7P. The van der Waals surface area contributed by atoms with Crippen molar-refractivity contribution in [3.8, 4) is 0 Å². The van der Waals surface area contributed by atoms with Crippen molar-refractivity contribution in [1.82, 2.24) is 0 Å². The molecule has 0 bridgehead atoms. The monoisotopic (exact) mass is 392 g/mol. The molecule has 0 radical (unpaired) electrons. The van der Waals surface area contributed by atoms with Gasteiger partial charge in [0, 0.05) is 0 Å². The molecule has 0 rings (SSSR count). The van der Waals surface area contributed by atoms with Crippen LogP contribution in [0.4, 0.5) is 26.3 Å². The van der Waals surface area contributed by atoms with E-state index >= 15 is 0 Å². The van der Waals surface area contributed by atoms with Crippen molar-refractivity contribution in [3.05, 3.63) is 0 Å². The molecule has 0 aliphatic rings. The maximum absolute atomic E-state index is 12.0. The molecule has 0 atom stereocenters. The zero-order valence-corrected chi connectivity index (χ0v) is 13.6. The topological polar surface area (TPSA) is 80.3 Å². The molecule has 24 heavy (non-hydrogen) atoms. The van der Waals surface area contributed by atoms with E-state index in [4.69, 9.17) is 4.74 Å². The number of alkyl halides is 6. The van der Waals surface area contributed by atoms with E-state index in [2.05, 4.69) is 19.1 Å². The summed E-state index contributed by atoms with van der Waals surface area (Å²) in [5.74, 6) is -1.28. The van der Waals surface area contributed by atoms with Crippen LogP contribution in [-0.2, 0) is 33.2 Å². The molecule has 0 aromatic carbocycles. The van der Waals surface area contributed by atoms with E-state index in [0.717, 1.165) is 0 Å². The zero-order chi connectivity index (χ0) is 19.2. The van der Waals surface area contributed by atoms with Crippen LogP contribution < -0.4 is 0 Å². The van der Waals surface area contributed by atoms with Crippen LogP contribution in [0.3, 0.4) is 0 Å². The molecule has 0 N–H and O–H groups in total. The van der Waals surface area contributed by atoms with Crippen LogP contribution in [0.1, 0.15) is 20.8 Å². The molecule has 7 nitrogen and oxygen atoms in total. The third kappa shape index (κ3) is 13.5. The summed E-state index contributed by atoms with van der Waals surface area (Å²) in [7, 11) is -4.95. The average molecular weight is 392 g/mol. The highest BCUT2D eigenvalue weighted by atomic mass is 31.2. The lowest BCUT2D eigenvalue weighted by Crippen LogP contribution is -2.27. The summed E-state index contributed by atoms with van der Waals surface area (Å²) in [6.45, 7) is 0.148. The molecule has 0 aromatic heterocycles. The first kappa shape index (κ1) is 23.1. The number of rotatable bonds is 8. The fourth-order valence-electron chi connectivity index (χ4n) is 0.944. The fraction of sp³-hybridized carbons (Fsp3) is 0.900. The Hall–Kier alpha value is -0.880. The summed E-state index contributed by atoms with van der Waals surface area (Å²) in [5, 5.41) is 0. The Morgan fingerprint density at radius 1 is 0.875 bits per heavy atom. The van der Waals surface area contributed by atoms with Crippen LogP contribution in [0.15, 0.2) is 0 Å². The number of halogens is 6. The maximum Gasteiger partial charge on any atom is 0.414 e. The van der Waals surface area contributed by atoms with Crippen molar-refractivity contribution >= 4 is 13.6 Å². The fourth-order valence-corrected chi connectivity index (χ4v) is 1.88. The number of carbonyl (C=O) groups is 1. The molecule has 0 aliphatic heterocycles. The van der Waals surface area contributed by atoms with E-state index in [1.165, 1.54) is 20.8 Å². The first-order valence-electron chi connectivity index (χ1n) is 6.08. The largest absolute Gasteiger partial charge is 0.459 e. The summed E-state index contributed by atoms with van der Waals surface area (Å²) in [4.78, 5) is 18.7. The van der Waals surface area contributed by atoms with Crippen LogP contribution in [0.2, 0.25) is 0 Å². The second kappa shape index (κ2) is 8.48. The zero-order valence-electron chi connectivity index (χ0n) is 12.7. The van der Waals surface area contributed by atoms with Gasteiger partial charge in [-0.05, 0) is 20.8 Å². The number of ether oxygens (including phenoxy) is 1. The van der Waals surface area contributed by atoms with E-state index in [-0.39, 0.29) is 0 Å². The van der Waals surface area contributed by atoms with Gasteiger partial charge in [0.15, 0.2) is 19.4 Å². The molecule has 0 spiro atoms. The average Bonchev–Trinajstić information content (AvgIpc) is 2.21. The summed E-state index contributed by atoms with van der Waals surface area (Å²) in [6, 6.07) is 0. The number of carbonyl (C=O) groups excluding carboxylic acids is 1. The molecule has 0 fully saturated rings. The molecule has 0 saturated carbocycles. The van der Waals surface area contributed by atoms with Crippen LogP contribution in [0, 0.1) is 0 Å². The third-order valence-corrected chi connectivity index (χ3v) is 2.83. The molecule has 0 aliphatic carbocycles. The van der Waals surface area contributed by atoms with Gasteiger partial charge in [-0.25, -0.2) is 9.78 Å². The highest BCUT2D eigenvalue weighted by molar-refractivity contribution is 7.54. The molecule has 0 amide bonds. The highest BCUT2D eigenvalue weighted by Crippen LogP contribution is 2.49. The molecule has 0 heterocycles. The smallest absolute Gasteiger partial charge is 0.414 e. The summed E-state index contributed by atoms with van der Waals surface area (Å²) in [5.41, 5.74) is -1.07.